The van der Waals surface area contributed by atoms with Crippen LogP contribution in [0.2, 0.25) is 10.0 Å². The van der Waals surface area contributed by atoms with E-state index in [0.717, 1.165) is 54.6 Å². The minimum Gasteiger partial charge on any atom is -0.491 e. The van der Waals surface area contributed by atoms with Gasteiger partial charge in [-0.2, -0.15) is 0 Å². The Balaban J connectivity index is 1.20. The first-order valence-corrected chi connectivity index (χ1v) is 11.4. The van der Waals surface area contributed by atoms with E-state index in [-0.39, 0.29) is 11.8 Å². The first-order chi connectivity index (χ1) is 15.1. The first-order valence-electron chi connectivity index (χ1n) is 10.6. The summed E-state index contributed by atoms with van der Waals surface area (Å²) >= 11 is 12.3. The minimum absolute atomic E-state index is 0.0505. The molecule has 0 aromatic heterocycles. The third kappa shape index (κ3) is 5.70. The number of carbonyl (C=O) groups is 1. The molecule has 4 rings (SSSR count). The van der Waals surface area contributed by atoms with Gasteiger partial charge in [0.15, 0.2) is 0 Å². The maximum Gasteiger partial charge on any atom is 0.223 e. The molecule has 6 heteroatoms. The Bertz CT molecular complexity index is 1040. The van der Waals surface area contributed by atoms with Gasteiger partial charge >= 0.3 is 0 Å². The zero-order chi connectivity index (χ0) is 21.6. The number of carbonyl (C=O) groups excluding carboxylic acids is 1. The molecule has 31 heavy (non-hydrogen) atoms. The lowest BCUT2D eigenvalue weighted by Gasteiger charge is -2.31. The highest BCUT2D eigenvalue weighted by atomic mass is 35.5. The number of benzene rings is 3. The fourth-order valence-corrected chi connectivity index (χ4v) is 4.51. The Morgan fingerprint density at radius 3 is 2.61 bits per heavy atom. The third-order valence-corrected chi connectivity index (χ3v) is 6.36. The number of hydrogen-bond acceptors (Lipinski definition) is 3. The zero-order valence-corrected chi connectivity index (χ0v) is 18.8. The van der Waals surface area contributed by atoms with Crippen LogP contribution < -0.4 is 10.1 Å². The molecule has 1 saturated heterocycles. The molecular formula is C25H26Cl2N2O2. The SMILES string of the molecule is O=C(NCCOc1cccc2ccccc12)C1CCN(Cc2ccc(Cl)cc2Cl)CC1. The Hall–Kier alpha value is -2.27. The Morgan fingerprint density at radius 2 is 1.81 bits per heavy atom. The zero-order valence-electron chi connectivity index (χ0n) is 17.3. The Kier molecular flexibility index (Phi) is 7.33. The predicted molar refractivity (Wildman–Crippen MR) is 127 cm³/mol. The highest BCUT2D eigenvalue weighted by Crippen LogP contribution is 2.26. The van der Waals surface area contributed by atoms with Gasteiger partial charge in [-0.15, -0.1) is 0 Å². The lowest BCUT2D eigenvalue weighted by Crippen LogP contribution is -2.41. The number of rotatable bonds is 7. The van der Waals surface area contributed by atoms with Crippen molar-refractivity contribution in [2.24, 2.45) is 5.92 Å². The molecule has 0 aliphatic carbocycles. The van der Waals surface area contributed by atoms with Gasteiger partial charge in [-0.05, 0) is 55.1 Å². The van der Waals surface area contributed by atoms with E-state index in [1.165, 1.54) is 0 Å². The van der Waals surface area contributed by atoms with Crippen LogP contribution in [-0.4, -0.2) is 37.0 Å². The van der Waals surface area contributed by atoms with Gasteiger partial charge in [0, 0.05) is 27.9 Å². The van der Waals surface area contributed by atoms with Crippen molar-refractivity contribution >= 4 is 39.9 Å². The molecule has 0 saturated carbocycles. The van der Waals surface area contributed by atoms with E-state index in [9.17, 15) is 4.79 Å². The first kappa shape index (κ1) is 21.9. The molecule has 4 nitrogen and oxygen atoms in total. The summed E-state index contributed by atoms with van der Waals surface area (Å²) in [6, 6.07) is 19.8. The van der Waals surface area contributed by atoms with Crippen LogP contribution >= 0.6 is 23.2 Å². The molecular weight excluding hydrogens is 431 g/mol. The van der Waals surface area contributed by atoms with E-state index in [1.807, 2.05) is 42.5 Å². The van der Waals surface area contributed by atoms with Crippen molar-refractivity contribution in [2.75, 3.05) is 26.2 Å². The summed E-state index contributed by atoms with van der Waals surface area (Å²) in [7, 11) is 0. The molecule has 0 unspecified atom stereocenters. The third-order valence-electron chi connectivity index (χ3n) is 5.78. The second-order valence-corrected chi connectivity index (χ2v) is 8.75. The van der Waals surface area contributed by atoms with Gasteiger partial charge in [0.1, 0.15) is 12.4 Å². The maximum absolute atomic E-state index is 12.6. The number of nitrogens with zero attached hydrogens (tertiary/aromatic N) is 1. The van der Waals surface area contributed by atoms with Crippen molar-refractivity contribution in [3.8, 4) is 5.75 Å². The number of amides is 1. The highest BCUT2D eigenvalue weighted by Gasteiger charge is 2.25. The predicted octanol–water partition coefficient (Wildman–Crippen LogP) is 5.55. The average molecular weight is 457 g/mol. The molecule has 1 amide bonds. The Labute approximate surface area is 193 Å². The van der Waals surface area contributed by atoms with Gasteiger partial charge in [0.2, 0.25) is 5.91 Å². The van der Waals surface area contributed by atoms with E-state index < -0.39 is 0 Å². The summed E-state index contributed by atoms with van der Waals surface area (Å²) in [5.41, 5.74) is 1.07. The van der Waals surface area contributed by atoms with Crippen molar-refractivity contribution in [3.05, 3.63) is 76.3 Å². The molecule has 3 aromatic rings. The van der Waals surface area contributed by atoms with E-state index >= 15 is 0 Å². The van der Waals surface area contributed by atoms with Gasteiger partial charge in [0.25, 0.3) is 0 Å². The molecule has 1 aliphatic rings. The molecule has 162 valence electrons. The number of nitrogens with one attached hydrogen (secondary N) is 1. The van der Waals surface area contributed by atoms with Gasteiger partial charge < -0.3 is 10.1 Å². The van der Waals surface area contributed by atoms with Crippen LogP contribution in [0.5, 0.6) is 5.75 Å². The van der Waals surface area contributed by atoms with Crippen molar-refractivity contribution < 1.29 is 9.53 Å². The molecule has 1 N–H and O–H groups in total. The van der Waals surface area contributed by atoms with Gasteiger partial charge in [0.05, 0.1) is 6.54 Å². The summed E-state index contributed by atoms with van der Waals surface area (Å²) in [6.45, 7) is 3.49. The van der Waals surface area contributed by atoms with Crippen molar-refractivity contribution in [3.63, 3.8) is 0 Å². The number of likely N-dealkylation sites (tertiary alicyclic amines) is 1. The van der Waals surface area contributed by atoms with Gasteiger partial charge in [-0.1, -0.05) is 65.7 Å². The lowest BCUT2D eigenvalue weighted by atomic mass is 9.95. The number of fused-ring (bicyclic) bond motifs is 1. The molecule has 1 heterocycles. The highest BCUT2D eigenvalue weighted by molar-refractivity contribution is 6.35. The van der Waals surface area contributed by atoms with E-state index in [1.54, 1.807) is 6.07 Å². The normalized spacial score (nSPS) is 15.2. The standard InChI is InChI=1S/C25H26Cl2N2O2/c26-21-9-8-20(23(27)16-21)17-29-13-10-19(11-14-29)25(30)28-12-15-31-24-7-3-5-18-4-1-2-6-22(18)24/h1-9,16,19H,10-15,17H2,(H,28,30). The second kappa shape index (κ2) is 10.4. The fraction of sp³-hybridized carbons (Fsp3) is 0.320. The van der Waals surface area contributed by atoms with Crippen LogP contribution in [0.1, 0.15) is 18.4 Å². The van der Waals surface area contributed by atoms with E-state index in [2.05, 4.69) is 22.3 Å². The second-order valence-electron chi connectivity index (χ2n) is 7.90. The van der Waals surface area contributed by atoms with Crippen LogP contribution in [0.15, 0.2) is 60.7 Å². The molecule has 1 fully saturated rings. The Morgan fingerprint density at radius 1 is 1.03 bits per heavy atom. The molecule has 0 spiro atoms. The van der Waals surface area contributed by atoms with Crippen molar-refractivity contribution in [1.29, 1.82) is 0 Å². The van der Waals surface area contributed by atoms with Crippen molar-refractivity contribution in [1.82, 2.24) is 10.2 Å². The average Bonchev–Trinajstić information content (AvgIpc) is 2.79. The molecule has 3 aromatic carbocycles. The molecule has 0 bridgehead atoms. The monoisotopic (exact) mass is 456 g/mol. The van der Waals surface area contributed by atoms with Crippen molar-refractivity contribution in [2.45, 2.75) is 19.4 Å². The van der Waals surface area contributed by atoms with E-state index in [4.69, 9.17) is 27.9 Å². The largest absolute Gasteiger partial charge is 0.491 e. The number of ether oxygens (including phenoxy) is 1. The smallest absolute Gasteiger partial charge is 0.223 e. The van der Waals surface area contributed by atoms with Crippen LogP contribution in [0.4, 0.5) is 0 Å². The van der Waals surface area contributed by atoms with E-state index in [0.29, 0.717) is 23.2 Å². The number of piperidine rings is 1. The summed E-state index contributed by atoms with van der Waals surface area (Å²) < 4.78 is 5.92. The minimum atomic E-state index is 0.0505. The summed E-state index contributed by atoms with van der Waals surface area (Å²) in [4.78, 5) is 14.9. The molecule has 1 aliphatic heterocycles. The van der Waals surface area contributed by atoms with Gasteiger partial charge in [-0.25, -0.2) is 0 Å². The van der Waals surface area contributed by atoms with Crippen LogP contribution in [-0.2, 0) is 11.3 Å². The van der Waals surface area contributed by atoms with Crippen LogP contribution in [0, 0.1) is 5.92 Å². The topological polar surface area (TPSA) is 41.6 Å². The lowest BCUT2D eigenvalue weighted by molar-refractivity contribution is -0.126. The maximum atomic E-state index is 12.6. The quantitative estimate of drug-likeness (QED) is 0.473. The summed E-state index contributed by atoms with van der Waals surface area (Å²) in [5.74, 6) is 1.02. The molecule has 0 atom stereocenters. The molecule has 0 radical (unpaired) electrons. The number of halogens is 2. The van der Waals surface area contributed by atoms with Crippen LogP contribution in [0.25, 0.3) is 10.8 Å². The fourth-order valence-electron chi connectivity index (χ4n) is 4.05. The number of hydrogen-bond donors (Lipinski definition) is 1. The van der Waals surface area contributed by atoms with Crippen LogP contribution in [0.3, 0.4) is 0 Å². The summed E-state index contributed by atoms with van der Waals surface area (Å²) in [6.07, 6.45) is 1.70. The summed E-state index contributed by atoms with van der Waals surface area (Å²) in [5, 5.41) is 6.61. The van der Waals surface area contributed by atoms with Gasteiger partial charge in [-0.3, -0.25) is 9.69 Å².